The summed E-state index contributed by atoms with van der Waals surface area (Å²) in [6, 6.07) is 0. The van der Waals surface area contributed by atoms with Crippen molar-refractivity contribution in [2.24, 2.45) is 0 Å². The van der Waals surface area contributed by atoms with E-state index in [4.69, 9.17) is 4.74 Å². The van der Waals surface area contributed by atoms with E-state index < -0.39 is 0 Å². The summed E-state index contributed by atoms with van der Waals surface area (Å²) in [5.41, 5.74) is 0. The van der Waals surface area contributed by atoms with Crippen LogP contribution in [0.25, 0.3) is 0 Å². The van der Waals surface area contributed by atoms with E-state index in [1.165, 1.54) is 32.4 Å². The molecule has 0 N–H and O–H groups in total. The molecule has 1 saturated heterocycles. The molecule has 2 nitrogen and oxygen atoms in total. The van der Waals surface area contributed by atoms with Gasteiger partial charge in [0.15, 0.2) is 0 Å². The zero-order valence-electron chi connectivity index (χ0n) is 8.91. The highest BCUT2D eigenvalue weighted by atomic mass is 16.5. The highest BCUT2D eigenvalue weighted by Gasteiger charge is 2.18. The van der Waals surface area contributed by atoms with Crippen molar-refractivity contribution in [3.8, 4) is 0 Å². The number of nitrogens with zero attached hydrogens (tertiary/aromatic N) is 1. The molecular formula is C12H19NO. The van der Waals surface area contributed by atoms with Crippen LogP contribution in [0.4, 0.5) is 0 Å². The average molecular weight is 193 g/mol. The third kappa shape index (κ3) is 2.61. The van der Waals surface area contributed by atoms with Crippen LogP contribution < -0.4 is 0 Å². The minimum atomic E-state index is 0.445. The molecule has 14 heavy (non-hydrogen) atoms. The van der Waals surface area contributed by atoms with E-state index in [0.29, 0.717) is 6.10 Å². The number of hydrogen-bond donors (Lipinski definition) is 0. The van der Waals surface area contributed by atoms with Crippen molar-refractivity contribution < 1.29 is 4.74 Å². The van der Waals surface area contributed by atoms with Crippen LogP contribution in [0.15, 0.2) is 24.0 Å². The minimum absolute atomic E-state index is 0.445. The van der Waals surface area contributed by atoms with E-state index in [1.54, 1.807) is 0 Å². The van der Waals surface area contributed by atoms with Crippen LogP contribution in [0.5, 0.6) is 0 Å². The summed E-state index contributed by atoms with van der Waals surface area (Å²) in [6.45, 7) is 2.34. The molecule has 0 saturated carbocycles. The van der Waals surface area contributed by atoms with E-state index in [0.717, 1.165) is 12.2 Å². The van der Waals surface area contributed by atoms with Gasteiger partial charge >= 0.3 is 0 Å². The fourth-order valence-corrected chi connectivity index (χ4v) is 1.97. The third-order valence-corrected chi connectivity index (χ3v) is 2.93. The summed E-state index contributed by atoms with van der Waals surface area (Å²) in [4.78, 5) is 2.37. The summed E-state index contributed by atoms with van der Waals surface area (Å²) in [5, 5.41) is 0. The SMILES string of the molecule is CN1CCC(OC2=CCCC=C2)CC1. The van der Waals surface area contributed by atoms with Gasteiger partial charge in [-0.2, -0.15) is 0 Å². The number of hydrogen-bond acceptors (Lipinski definition) is 2. The van der Waals surface area contributed by atoms with Crippen molar-refractivity contribution in [3.05, 3.63) is 24.0 Å². The smallest absolute Gasteiger partial charge is 0.115 e. The van der Waals surface area contributed by atoms with Gasteiger partial charge in [-0.25, -0.2) is 0 Å². The topological polar surface area (TPSA) is 12.5 Å². The van der Waals surface area contributed by atoms with Crippen molar-refractivity contribution in [2.75, 3.05) is 20.1 Å². The number of ether oxygens (including phenoxy) is 1. The van der Waals surface area contributed by atoms with Gasteiger partial charge < -0.3 is 9.64 Å². The van der Waals surface area contributed by atoms with Gasteiger partial charge in [-0.15, -0.1) is 0 Å². The Kier molecular flexibility index (Phi) is 3.25. The van der Waals surface area contributed by atoms with E-state index in [9.17, 15) is 0 Å². The Morgan fingerprint density at radius 3 is 2.71 bits per heavy atom. The van der Waals surface area contributed by atoms with E-state index >= 15 is 0 Å². The van der Waals surface area contributed by atoms with Crippen LogP contribution in [0.3, 0.4) is 0 Å². The highest BCUT2D eigenvalue weighted by molar-refractivity contribution is 5.16. The minimum Gasteiger partial charge on any atom is -0.491 e. The summed E-state index contributed by atoms with van der Waals surface area (Å²) >= 11 is 0. The number of piperidine rings is 1. The van der Waals surface area contributed by atoms with Crippen molar-refractivity contribution in [3.63, 3.8) is 0 Å². The quantitative estimate of drug-likeness (QED) is 0.667. The van der Waals surface area contributed by atoms with Gasteiger partial charge in [0.1, 0.15) is 11.9 Å². The van der Waals surface area contributed by atoms with E-state index in [-0.39, 0.29) is 0 Å². The molecule has 0 aromatic carbocycles. The van der Waals surface area contributed by atoms with Gasteiger partial charge in [-0.1, -0.05) is 6.08 Å². The first-order chi connectivity index (χ1) is 6.84. The third-order valence-electron chi connectivity index (χ3n) is 2.93. The van der Waals surface area contributed by atoms with Crippen molar-refractivity contribution in [2.45, 2.75) is 31.8 Å². The molecular weight excluding hydrogens is 174 g/mol. The molecule has 2 aliphatic rings. The average Bonchev–Trinajstić information content (AvgIpc) is 2.23. The Hall–Kier alpha value is -0.760. The summed E-state index contributed by atoms with van der Waals surface area (Å²) in [5.74, 6) is 1.09. The molecule has 1 heterocycles. The lowest BCUT2D eigenvalue weighted by atomic mass is 10.1. The maximum atomic E-state index is 5.93. The van der Waals surface area contributed by atoms with Gasteiger partial charge in [0.05, 0.1) is 0 Å². The largest absolute Gasteiger partial charge is 0.491 e. The van der Waals surface area contributed by atoms with Crippen molar-refractivity contribution in [1.82, 2.24) is 4.90 Å². The molecule has 0 radical (unpaired) electrons. The highest BCUT2D eigenvalue weighted by Crippen LogP contribution is 2.19. The molecule has 0 unspecified atom stereocenters. The maximum absolute atomic E-state index is 5.93. The maximum Gasteiger partial charge on any atom is 0.115 e. The number of likely N-dealkylation sites (tertiary alicyclic amines) is 1. The number of rotatable bonds is 2. The molecule has 0 aromatic heterocycles. The Balaban J connectivity index is 1.80. The fourth-order valence-electron chi connectivity index (χ4n) is 1.97. The molecule has 0 bridgehead atoms. The Bertz CT molecular complexity index is 237. The molecule has 1 aliphatic carbocycles. The van der Waals surface area contributed by atoms with Crippen LogP contribution in [-0.4, -0.2) is 31.1 Å². The first-order valence-electron chi connectivity index (χ1n) is 5.56. The molecule has 0 amide bonds. The van der Waals surface area contributed by atoms with Gasteiger partial charge in [-0.3, -0.25) is 0 Å². The molecule has 0 aromatic rings. The molecule has 0 atom stereocenters. The fraction of sp³-hybridized carbons (Fsp3) is 0.667. The van der Waals surface area contributed by atoms with Gasteiger partial charge in [0.25, 0.3) is 0 Å². The summed E-state index contributed by atoms with van der Waals surface area (Å²) < 4.78 is 5.93. The molecule has 0 spiro atoms. The lowest BCUT2D eigenvalue weighted by Gasteiger charge is -2.29. The van der Waals surface area contributed by atoms with Crippen molar-refractivity contribution >= 4 is 0 Å². The van der Waals surface area contributed by atoms with E-state index in [2.05, 4.69) is 30.2 Å². The predicted octanol–water partition coefficient (Wildman–Crippen LogP) is 2.33. The number of allylic oxidation sites excluding steroid dienone is 3. The van der Waals surface area contributed by atoms with Gasteiger partial charge in [0, 0.05) is 13.1 Å². The second kappa shape index (κ2) is 4.65. The molecule has 2 rings (SSSR count). The first-order valence-corrected chi connectivity index (χ1v) is 5.56. The zero-order valence-corrected chi connectivity index (χ0v) is 8.91. The van der Waals surface area contributed by atoms with Crippen LogP contribution in [0.1, 0.15) is 25.7 Å². The van der Waals surface area contributed by atoms with Crippen LogP contribution >= 0.6 is 0 Å². The van der Waals surface area contributed by atoms with Gasteiger partial charge in [0.2, 0.25) is 0 Å². The summed E-state index contributed by atoms with van der Waals surface area (Å²) in [7, 11) is 2.18. The predicted molar refractivity (Wildman–Crippen MR) is 58.1 cm³/mol. The summed E-state index contributed by atoms with van der Waals surface area (Å²) in [6.07, 6.45) is 11.6. The normalized spacial score (nSPS) is 24.8. The Labute approximate surface area is 86.2 Å². The second-order valence-electron chi connectivity index (χ2n) is 4.21. The molecule has 1 fully saturated rings. The molecule has 1 aliphatic heterocycles. The first kappa shape index (κ1) is 9.78. The molecule has 2 heteroatoms. The monoisotopic (exact) mass is 193 g/mol. The van der Waals surface area contributed by atoms with Crippen LogP contribution in [0.2, 0.25) is 0 Å². The zero-order chi connectivity index (χ0) is 9.80. The lowest BCUT2D eigenvalue weighted by Crippen LogP contribution is -2.34. The lowest BCUT2D eigenvalue weighted by molar-refractivity contribution is 0.0633. The van der Waals surface area contributed by atoms with Crippen molar-refractivity contribution in [1.29, 1.82) is 0 Å². The Morgan fingerprint density at radius 1 is 1.29 bits per heavy atom. The molecule has 78 valence electrons. The Morgan fingerprint density at radius 2 is 2.07 bits per heavy atom. The standard InChI is InChI=1S/C12H19NO/c1-13-9-7-12(8-10-13)14-11-5-3-2-4-6-11/h3,5-6,12H,2,4,7-10H2,1H3. The van der Waals surface area contributed by atoms with Gasteiger partial charge in [-0.05, 0) is 44.9 Å². The second-order valence-corrected chi connectivity index (χ2v) is 4.21. The van der Waals surface area contributed by atoms with Crippen LogP contribution in [-0.2, 0) is 4.74 Å². The van der Waals surface area contributed by atoms with Crippen LogP contribution in [0, 0.1) is 0 Å². The van der Waals surface area contributed by atoms with E-state index in [1.807, 2.05) is 0 Å².